The molecule has 110 valence electrons. The molecule has 1 saturated heterocycles. The van der Waals surface area contributed by atoms with E-state index in [1.54, 1.807) is 13.0 Å². The van der Waals surface area contributed by atoms with Gasteiger partial charge in [0.2, 0.25) is 5.91 Å². The number of amides is 1. The zero-order valence-corrected chi connectivity index (χ0v) is 12.5. The van der Waals surface area contributed by atoms with E-state index >= 15 is 0 Å². The smallest absolute Gasteiger partial charge is 0.307 e. The second-order valence-electron chi connectivity index (χ2n) is 4.58. The average molecular weight is 322 g/mol. The minimum absolute atomic E-state index is 0.243. The summed E-state index contributed by atoms with van der Waals surface area (Å²) < 4.78 is 40.0. The van der Waals surface area contributed by atoms with Gasteiger partial charge in [0.05, 0.1) is 12.8 Å². The number of carbonyl (C=O) groups excluding carboxylic acids is 1. The van der Waals surface area contributed by atoms with Crippen molar-refractivity contribution < 1.29 is 21.8 Å². The summed E-state index contributed by atoms with van der Waals surface area (Å²) in [6.45, 7) is 1.53. The number of hydrogen-bond acceptors (Lipinski definition) is 4. The SMILES string of the molecule is COc1cc(C)c(Cl)cc1N1CC(S(=O)(=O)F)CC1=O. The Morgan fingerprint density at radius 3 is 2.60 bits per heavy atom. The lowest BCUT2D eigenvalue weighted by atomic mass is 10.2. The molecular formula is C12H13ClFNO4S. The van der Waals surface area contributed by atoms with Gasteiger partial charge in [0.15, 0.2) is 0 Å². The molecule has 2 rings (SSSR count). The van der Waals surface area contributed by atoms with Crippen LogP contribution in [0.25, 0.3) is 0 Å². The van der Waals surface area contributed by atoms with Gasteiger partial charge in [0.25, 0.3) is 0 Å². The number of anilines is 1. The van der Waals surface area contributed by atoms with Crippen LogP contribution >= 0.6 is 11.6 Å². The van der Waals surface area contributed by atoms with Crippen molar-refractivity contribution in [3.8, 4) is 5.75 Å². The van der Waals surface area contributed by atoms with Crippen molar-refractivity contribution in [2.24, 2.45) is 0 Å². The van der Waals surface area contributed by atoms with E-state index in [-0.39, 0.29) is 13.0 Å². The van der Waals surface area contributed by atoms with Gasteiger partial charge in [0.1, 0.15) is 11.0 Å². The molecule has 1 aliphatic heterocycles. The summed E-state index contributed by atoms with van der Waals surface area (Å²) in [6.07, 6.45) is -0.381. The van der Waals surface area contributed by atoms with Gasteiger partial charge in [-0.1, -0.05) is 11.6 Å². The predicted octanol–water partition coefficient (Wildman–Crippen LogP) is 2.06. The molecule has 1 fully saturated rings. The number of ether oxygens (including phenoxy) is 1. The van der Waals surface area contributed by atoms with E-state index in [1.165, 1.54) is 18.1 Å². The third kappa shape index (κ3) is 2.73. The van der Waals surface area contributed by atoms with Gasteiger partial charge in [-0.2, -0.15) is 8.42 Å². The maximum atomic E-state index is 13.0. The van der Waals surface area contributed by atoms with Crippen LogP contribution in [-0.4, -0.2) is 33.2 Å². The van der Waals surface area contributed by atoms with Gasteiger partial charge in [-0.05, 0) is 24.6 Å². The molecule has 1 unspecified atom stereocenters. The van der Waals surface area contributed by atoms with Crippen LogP contribution in [0.4, 0.5) is 9.57 Å². The standard InChI is InChI=1S/C12H13ClFNO4S/c1-7-3-11(19-2)10(5-9(7)13)15-6-8(4-12(15)16)20(14,17)18/h3,5,8H,4,6H2,1-2H3. The molecule has 0 radical (unpaired) electrons. The molecule has 0 spiro atoms. The Morgan fingerprint density at radius 1 is 1.45 bits per heavy atom. The molecule has 8 heteroatoms. The van der Waals surface area contributed by atoms with E-state index in [4.69, 9.17) is 16.3 Å². The minimum Gasteiger partial charge on any atom is -0.495 e. The van der Waals surface area contributed by atoms with Gasteiger partial charge < -0.3 is 9.64 Å². The fourth-order valence-corrected chi connectivity index (χ4v) is 2.94. The molecule has 20 heavy (non-hydrogen) atoms. The Labute approximate surface area is 121 Å². The van der Waals surface area contributed by atoms with Gasteiger partial charge >= 0.3 is 10.2 Å². The lowest BCUT2D eigenvalue weighted by Gasteiger charge is -2.20. The number of nitrogens with zero attached hydrogens (tertiary/aromatic N) is 1. The Morgan fingerprint density at radius 2 is 2.10 bits per heavy atom. The van der Waals surface area contributed by atoms with E-state index in [1.807, 2.05) is 0 Å². The summed E-state index contributed by atoms with van der Waals surface area (Å²) in [7, 11) is -3.32. The molecule has 0 N–H and O–H groups in total. The first-order valence-corrected chi connectivity index (χ1v) is 7.64. The van der Waals surface area contributed by atoms with Crippen molar-refractivity contribution in [1.82, 2.24) is 0 Å². The molecule has 1 aromatic carbocycles. The summed E-state index contributed by atoms with van der Waals surface area (Å²) in [5, 5.41) is -0.931. The highest BCUT2D eigenvalue weighted by molar-refractivity contribution is 7.87. The first kappa shape index (κ1) is 15.1. The largest absolute Gasteiger partial charge is 0.495 e. The first-order chi connectivity index (χ1) is 9.24. The van der Waals surface area contributed by atoms with Crippen LogP contribution in [0.1, 0.15) is 12.0 Å². The number of methoxy groups -OCH3 is 1. The molecule has 0 aliphatic carbocycles. The predicted molar refractivity (Wildman–Crippen MR) is 73.5 cm³/mol. The molecule has 1 aliphatic rings. The molecular weight excluding hydrogens is 309 g/mol. The average Bonchev–Trinajstić information content (AvgIpc) is 2.74. The number of hydrogen-bond donors (Lipinski definition) is 0. The number of aryl methyl sites for hydroxylation is 1. The lowest BCUT2D eigenvalue weighted by molar-refractivity contribution is -0.117. The van der Waals surface area contributed by atoms with Gasteiger partial charge in [0, 0.05) is 18.0 Å². The third-order valence-electron chi connectivity index (χ3n) is 3.24. The van der Waals surface area contributed by atoms with E-state index in [2.05, 4.69) is 0 Å². The zero-order chi connectivity index (χ0) is 15.1. The summed E-state index contributed by atoms with van der Waals surface area (Å²) in [6, 6.07) is 3.16. The summed E-state index contributed by atoms with van der Waals surface area (Å²) >= 11 is 6.01. The van der Waals surface area contributed by atoms with Crippen LogP contribution in [0, 0.1) is 6.92 Å². The first-order valence-electron chi connectivity index (χ1n) is 5.82. The number of halogens is 2. The Balaban J connectivity index is 2.42. The minimum atomic E-state index is -4.75. The Hall–Kier alpha value is -1.34. The van der Waals surface area contributed by atoms with Crippen molar-refractivity contribution in [3.05, 3.63) is 22.7 Å². The van der Waals surface area contributed by atoms with Crippen LogP contribution in [0.5, 0.6) is 5.75 Å². The van der Waals surface area contributed by atoms with Crippen molar-refractivity contribution >= 4 is 33.4 Å². The molecule has 1 atom stereocenters. The van der Waals surface area contributed by atoms with Crippen molar-refractivity contribution in [1.29, 1.82) is 0 Å². The summed E-state index contributed by atoms with van der Waals surface area (Å²) in [4.78, 5) is 13.1. The Bertz CT molecular complexity index is 662. The van der Waals surface area contributed by atoms with Gasteiger partial charge in [-0.15, -0.1) is 3.89 Å². The monoisotopic (exact) mass is 321 g/mol. The molecule has 1 heterocycles. The third-order valence-corrected chi connectivity index (χ3v) is 4.76. The fraction of sp³-hybridized carbons (Fsp3) is 0.417. The van der Waals surface area contributed by atoms with Crippen LogP contribution in [0.15, 0.2) is 12.1 Å². The highest BCUT2D eigenvalue weighted by atomic mass is 35.5. The topological polar surface area (TPSA) is 63.7 Å². The lowest BCUT2D eigenvalue weighted by Crippen LogP contribution is -2.27. The quantitative estimate of drug-likeness (QED) is 0.799. The molecule has 0 saturated carbocycles. The van der Waals surface area contributed by atoms with Crippen LogP contribution in [-0.2, 0) is 15.0 Å². The highest BCUT2D eigenvalue weighted by Gasteiger charge is 2.40. The van der Waals surface area contributed by atoms with Crippen molar-refractivity contribution in [3.63, 3.8) is 0 Å². The molecule has 0 aromatic heterocycles. The molecule has 1 amide bonds. The van der Waals surface area contributed by atoms with Crippen molar-refractivity contribution in [2.45, 2.75) is 18.6 Å². The zero-order valence-electron chi connectivity index (χ0n) is 10.9. The second-order valence-corrected chi connectivity index (χ2v) is 6.60. The van der Waals surface area contributed by atoms with Crippen molar-refractivity contribution in [2.75, 3.05) is 18.6 Å². The van der Waals surface area contributed by atoms with E-state index in [9.17, 15) is 17.1 Å². The second kappa shape index (κ2) is 5.21. The van der Waals surface area contributed by atoms with Gasteiger partial charge in [-0.3, -0.25) is 4.79 Å². The molecule has 0 bridgehead atoms. The maximum absolute atomic E-state index is 13.0. The van der Waals surface area contributed by atoms with Gasteiger partial charge in [-0.25, -0.2) is 0 Å². The fourth-order valence-electron chi connectivity index (χ4n) is 2.12. The summed E-state index contributed by atoms with van der Waals surface area (Å²) in [5.74, 6) is -0.0911. The van der Waals surface area contributed by atoms with E-state index in [0.29, 0.717) is 16.5 Å². The maximum Gasteiger partial charge on any atom is 0.307 e. The number of rotatable bonds is 3. The van der Waals surface area contributed by atoms with E-state index in [0.717, 1.165) is 5.56 Å². The normalized spacial score (nSPS) is 19.5. The highest BCUT2D eigenvalue weighted by Crippen LogP contribution is 2.36. The number of carbonyl (C=O) groups is 1. The van der Waals surface area contributed by atoms with Crippen LogP contribution in [0.2, 0.25) is 5.02 Å². The van der Waals surface area contributed by atoms with Crippen LogP contribution < -0.4 is 9.64 Å². The molecule has 5 nitrogen and oxygen atoms in total. The van der Waals surface area contributed by atoms with Crippen LogP contribution in [0.3, 0.4) is 0 Å². The molecule has 1 aromatic rings. The van der Waals surface area contributed by atoms with E-state index < -0.39 is 21.4 Å². The Kier molecular flexibility index (Phi) is 3.93. The summed E-state index contributed by atoms with van der Waals surface area (Å²) in [5.41, 5.74) is 1.10. The number of benzene rings is 1.